The molecule has 0 bridgehead atoms. The lowest BCUT2D eigenvalue weighted by Gasteiger charge is -2.12. The first-order valence-corrected chi connectivity index (χ1v) is 6.24. The molecule has 0 atom stereocenters. The lowest BCUT2D eigenvalue weighted by atomic mass is 10.1. The summed E-state index contributed by atoms with van der Waals surface area (Å²) in [5.41, 5.74) is 2.26. The van der Waals surface area contributed by atoms with E-state index in [9.17, 15) is 4.79 Å². The van der Waals surface area contributed by atoms with Crippen LogP contribution in [0.25, 0.3) is 0 Å². The number of methoxy groups -OCH3 is 2. The molecule has 0 aliphatic heterocycles. The SMILES string of the molecule is COc1ccc(C(=O)Nc2ccccc2C)c(OC)c1. The van der Waals surface area contributed by atoms with E-state index in [1.807, 2.05) is 31.2 Å². The van der Waals surface area contributed by atoms with Crippen LogP contribution in [0.3, 0.4) is 0 Å². The van der Waals surface area contributed by atoms with Crippen LogP contribution in [0.4, 0.5) is 5.69 Å². The Labute approximate surface area is 118 Å². The normalized spacial score (nSPS) is 9.95. The first kappa shape index (κ1) is 13.9. The summed E-state index contributed by atoms with van der Waals surface area (Å²) in [6.45, 7) is 1.95. The number of carbonyl (C=O) groups excluding carboxylic acids is 1. The van der Waals surface area contributed by atoms with E-state index in [1.54, 1.807) is 25.3 Å². The van der Waals surface area contributed by atoms with Crippen molar-refractivity contribution < 1.29 is 14.3 Å². The molecule has 0 fully saturated rings. The monoisotopic (exact) mass is 271 g/mol. The highest BCUT2D eigenvalue weighted by Crippen LogP contribution is 2.25. The molecule has 0 radical (unpaired) electrons. The van der Waals surface area contributed by atoms with Crippen LogP contribution in [0.5, 0.6) is 11.5 Å². The number of rotatable bonds is 4. The van der Waals surface area contributed by atoms with Gasteiger partial charge in [-0.3, -0.25) is 4.79 Å². The molecule has 1 amide bonds. The smallest absolute Gasteiger partial charge is 0.259 e. The lowest BCUT2D eigenvalue weighted by molar-refractivity contribution is 0.102. The summed E-state index contributed by atoms with van der Waals surface area (Å²) in [4.78, 5) is 12.3. The highest BCUT2D eigenvalue weighted by atomic mass is 16.5. The van der Waals surface area contributed by atoms with E-state index in [0.29, 0.717) is 17.1 Å². The number of nitrogens with one attached hydrogen (secondary N) is 1. The van der Waals surface area contributed by atoms with Crippen molar-refractivity contribution in [3.63, 3.8) is 0 Å². The number of ether oxygens (including phenoxy) is 2. The minimum absolute atomic E-state index is 0.209. The van der Waals surface area contributed by atoms with Gasteiger partial charge in [-0.2, -0.15) is 0 Å². The molecule has 0 unspecified atom stereocenters. The van der Waals surface area contributed by atoms with E-state index < -0.39 is 0 Å². The Balaban J connectivity index is 2.27. The zero-order valence-corrected chi connectivity index (χ0v) is 11.8. The first-order chi connectivity index (χ1) is 9.65. The second-order valence-electron chi connectivity index (χ2n) is 4.34. The van der Waals surface area contributed by atoms with Gasteiger partial charge in [-0.25, -0.2) is 0 Å². The maximum absolute atomic E-state index is 12.3. The molecule has 0 aromatic heterocycles. The van der Waals surface area contributed by atoms with Crippen molar-refractivity contribution in [2.75, 3.05) is 19.5 Å². The van der Waals surface area contributed by atoms with Crippen molar-refractivity contribution in [3.8, 4) is 11.5 Å². The van der Waals surface area contributed by atoms with E-state index in [1.165, 1.54) is 7.11 Å². The lowest BCUT2D eigenvalue weighted by Crippen LogP contribution is -2.14. The van der Waals surface area contributed by atoms with Gasteiger partial charge in [0.05, 0.1) is 19.8 Å². The predicted molar refractivity (Wildman–Crippen MR) is 78.7 cm³/mol. The minimum atomic E-state index is -0.209. The third-order valence-electron chi connectivity index (χ3n) is 3.05. The minimum Gasteiger partial charge on any atom is -0.497 e. The summed E-state index contributed by atoms with van der Waals surface area (Å²) in [7, 11) is 3.10. The standard InChI is InChI=1S/C16H17NO3/c1-11-6-4-5-7-14(11)17-16(18)13-9-8-12(19-2)10-15(13)20-3/h4-10H,1-3H3,(H,17,18). The quantitative estimate of drug-likeness (QED) is 0.928. The van der Waals surface area contributed by atoms with Gasteiger partial charge < -0.3 is 14.8 Å². The van der Waals surface area contributed by atoms with Crippen LogP contribution in [0, 0.1) is 6.92 Å². The van der Waals surface area contributed by atoms with E-state index >= 15 is 0 Å². The molecule has 2 aromatic rings. The molecule has 0 saturated heterocycles. The van der Waals surface area contributed by atoms with E-state index in [-0.39, 0.29) is 5.91 Å². The van der Waals surface area contributed by atoms with Crippen molar-refractivity contribution >= 4 is 11.6 Å². The number of amides is 1. The summed E-state index contributed by atoms with van der Waals surface area (Å²) in [6, 6.07) is 12.7. The van der Waals surface area contributed by atoms with Gasteiger partial charge in [-0.15, -0.1) is 0 Å². The molecule has 0 aliphatic rings. The average Bonchev–Trinajstić information content (AvgIpc) is 2.48. The van der Waals surface area contributed by atoms with Crippen LogP contribution in [-0.4, -0.2) is 20.1 Å². The van der Waals surface area contributed by atoms with Crippen LogP contribution < -0.4 is 14.8 Å². The molecule has 0 aliphatic carbocycles. The molecule has 4 nitrogen and oxygen atoms in total. The number of carbonyl (C=O) groups is 1. The largest absolute Gasteiger partial charge is 0.497 e. The second-order valence-corrected chi connectivity index (χ2v) is 4.34. The van der Waals surface area contributed by atoms with E-state index in [0.717, 1.165) is 11.3 Å². The second kappa shape index (κ2) is 6.10. The Hall–Kier alpha value is -2.49. The third kappa shape index (κ3) is 2.91. The van der Waals surface area contributed by atoms with E-state index in [2.05, 4.69) is 5.32 Å². The highest BCUT2D eigenvalue weighted by Gasteiger charge is 2.14. The molecule has 4 heteroatoms. The van der Waals surface area contributed by atoms with Gasteiger partial charge in [0.15, 0.2) is 0 Å². The number of hydrogen-bond acceptors (Lipinski definition) is 3. The highest BCUT2D eigenvalue weighted by molar-refractivity contribution is 6.06. The maximum atomic E-state index is 12.3. The predicted octanol–water partition coefficient (Wildman–Crippen LogP) is 3.26. The Kier molecular flexibility index (Phi) is 4.25. The van der Waals surface area contributed by atoms with Gasteiger partial charge in [0.25, 0.3) is 5.91 Å². The zero-order valence-electron chi connectivity index (χ0n) is 11.8. The fraction of sp³-hybridized carbons (Fsp3) is 0.188. The molecule has 104 valence electrons. The fourth-order valence-electron chi connectivity index (χ4n) is 1.89. The van der Waals surface area contributed by atoms with Crippen molar-refractivity contribution in [2.24, 2.45) is 0 Å². The van der Waals surface area contributed by atoms with Crippen molar-refractivity contribution in [3.05, 3.63) is 53.6 Å². The van der Waals surface area contributed by atoms with Crippen LogP contribution >= 0.6 is 0 Å². The van der Waals surface area contributed by atoms with Gasteiger partial charge in [0.1, 0.15) is 11.5 Å². The molecule has 20 heavy (non-hydrogen) atoms. The molecular weight excluding hydrogens is 254 g/mol. The number of anilines is 1. The van der Waals surface area contributed by atoms with E-state index in [4.69, 9.17) is 9.47 Å². The van der Waals surface area contributed by atoms with Crippen LogP contribution in [0.1, 0.15) is 15.9 Å². The molecule has 0 heterocycles. The number of para-hydroxylation sites is 1. The zero-order chi connectivity index (χ0) is 14.5. The Bertz CT molecular complexity index is 623. The average molecular weight is 271 g/mol. The van der Waals surface area contributed by atoms with Gasteiger partial charge in [-0.1, -0.05) is 18.2 Å². The molecular formula is C16H17NO3. The van der Waals surface area contributed by atoms with Gasteiger partial charge in [-0.05, 0) is 30.7 Å². The van der Waals surface area contributed by atoms with Crippen molar-refractivity contribution in [2.45, 2.75) is 6.92 Å². The summed E-state index contributed by atoms with van der Waals surface area (Å²) in [6.07, 6.45) is 0. The molecule has 2 rings (SSSR count). The Morgan fingerprint density at radius 3 is 2.45 bits per heavy atom. The first-order valence-electron chi connectivity index (χ1n) is 6.24. The third-order valence-corrected chi connectivity index (χ3v) is 3.05. The Morgan fingerprint density at radius 1 is 1.05 bits per heavy atom. The maximum Gasteiger partial charge on any atom is 0.259 e. The van der Waals surface area contributed by atoms with Gasteiger partial charge in [0.2, 0.25) is 0 Å². The molecule has 0 saturated carbocycles. The molecule has 1 N–H and O–H groups in total. The van der Waals surface area contributed by atoms with Crippen molar-refractivity contribution in [1.29, 1.82) is 0 Å². The Morgan fingerprint density at radius 2 is 1.80 bits per heavy atom. The van der Waals surface area contributed by atoms with Crippen LogP contribution in [0.2, 0.25) is 0 Å². The van der Waals surface area contributed by atoms with Gasteiger partial charge >= 0.3 is 0 Å². The topological polar surface area (TPSA) is 47.6 Å². The summed E-state index contributed by atoms with van der Waals surface area (Å²) >= 11 is 0. The fourth-order valence-corrected chi connectivity index (χ4v) is 1.89. The van der Waals surface area contributed by atoms with Crippen LogP contribution in [0.15, 0.2) is 42.5 Å². The molecule has 2 aromatic carbocycles. The van der Waals surface area contributed by atoms with Crippen molar-refractivity contribution in [1.82, 2.24) is 0 Å². The van der Waals surface area contributed by atoms with Crippen LogP contribution in [-0.2, 0) is 0 Å². The summed E-state index contributed by atoms with van der Waals surface area (Å²) < 4.78 is 10.4. The van der Waals surface area contributed by atoms with Gasteiger partial charge in [0, 0.05) is 11.8 Å². The summed E-state index contributed by atoms with van der Waals surface area (Å²) in [5, 5.41) is 2.88. The number of benzene rings is 2. The molecule has 0 spiro atoms. The summed E-state index contributed by atoms with van der Waals surface area (Å²) in [5.74, 6) is 0.920. The number of hydrogen-bond donors (Lipinski definition) is 1. The number of aryl methyl sites for hydroxylation is 1.